The molecule has 2 fully saturated rings. The average molecular weight is 306 g/mol. The maximum Gasteiger partial charge on any atom is 0.292 e. The van der Waals surface area contributed by atoms with Crippen LogP contribution in [0.1, 0.15) is 6.42 Å². The predicted molar refractivity (Wildman–Crippen MR) is 84.7 cm³/mol. The SMILES string of the molecule is COc1ccc([N+](=O)[O-])c(N2CCC(N3CCNCC3)C2)c1. The monoisotopic (exact) mass is 306 g/mol. The molecule has 0 bridgehead atoms. The van der Waals surface area contributed by atoms with E-state index in [1.54, 1.807) is 19.2 Å². The summed E-state index contributed by atoms with van der Waals surface area (Å²) in [7, 11) is 1.58. The van der Waals surface area contributed by atoms with Crippen molar-refractivity contribution in [2.75, 3.05) is 51.3 Å². The summed E-state index contributed by atoms with van der Waals surface area (Å²) in [5, 5.41) is 14.6. The fourth-order valence-corrected chi connectivity index (χ4v) is 3.34. The summed E-state index contributed by atoms with van der Waals surface area (Å²) in [6, 6.07) is 5.43. The van der Waals surface area contributed by atoms with E-state index in [2.05, 4.69) is 15.1 Å². The first-order chi connectivity index (χ1) is 10.7. The van der Waals surface area contributed by atoms with Crippen molar-refractivity contribution in [1.82, 2.24) is 10.2 Å². The van der Waals surface area contributed by atoms with Crippen molar-refractivity contribution < 1.29 is 9.66 Å². The lowest BCUT2D eigenvalue weighted by molar-refractivity contribution is -0.384. The smallest absolute Gasteiger partial charge is 0.292 e. The first-order valence-electron chi connectivity index (χ1n) is 7.71. The van der Waals surface area contributed by atoms with Gasteiger partial charge < -0.3 is 15.0 Å². The average Bonchev–Trinajstić information content (AvgIpc) is 3.05. The van der Waals surface area contributed by atoms with Crippen molar-refractivity contribution in [3.63, 3.8) is 0 Å². The first kappa shape index (κ1) is 15.1. The van der Waals surface area contributed by atoms with Crippen molar-refractivity contribution in [3.05, 3.63) is 28.3 Å². The summed E-state index contributed by atoms with van der Waals surface area (Å²) in [6.07, 6.45) is 1.05. The van der Waals surface area contributed by atoms with Crippen LogP contribution in [0.5, 0.6) is 5.75 Å². The van der Waals surface area contributed by atoms with E-state index in [9.17, 15) is 10.1 Å². The number of nitrogens with one attached hydrogen (secondary N) is 1. The number of nitrogens with zero attached hydrogens (tertiary/aromatic N) is 3. The zero-order valence-electron chi connectivity index (χ0n) is 12.8. The van der Waals surface area contributed by atoms with Gasteiger partial charge in [-0.1, -0.05) is 0 Å². The molecule has 0 aromatic heterocycles. The third-order valence-electron chi connectivity index (χ3n) is 4.55. The predicted octanol–water partition coefficient (Wildman–Crippen LogP) is 1.09. The summed E-state index contributed by atoms with van der Waals surface area (Å²) in [5.41, 5.74) is 0.823. The van der Waals surface area contributed by atoms with Crippen LogP contribution in [0.25, 0.3) is 0 Å². The minimum atomic E-state index is -0.313. The molecule has 22 heavy (non-hydrogen) atoms. The third kappa shape index (κ3) is 3.00. The van der Waals surface area contributed by atoms with Gasteiger partial charge in [-0.3, -0.25) is 15.0 Å². The van der Waals surface area contributed by atoms with Gasteiger partial charge in [-0.2, -0.15) is 0 Å². The second-order valence-corrected chi connectivity index (χ2v) is 5.79. The highest BCUT2D eigenvalue weighted by atomic mass is 16.6. The van der Waals surface area contributed by atoms with Crippen molar-refractivity contribution in [3.8, 4) is 5.75 Å². The lowest BCUT2D eigenvalue weighted by atomic mass is 10.2. The van der Waals surface area contributed by atoms with Gasteiger partial charge in [0.05, 0.1) is 12.0 Å². The van der Waals surface area contributed by atoms with E-state index in [4.69, 9.17) is 4.74 Å². The van der Waals surface area contributed by atoms with Crippen LogP contribution in [-0.4, -0.2) is 62.2 Å². The molecule has 7 heteroatoms. The standard InChI is InChI=1S/C15H22N4O3/c1-22-13-2-3-14(19(20)21)15(10-13)18-7-4-12(11-18)17-8-5-16-6-9-17/h2-3,10,12,16H,4-9,11H2,1H3. The lowest BCUT2D eigenvalue weighted by Gasteiger charge is -2.32. The van der Waals surface area contributed by atoms with E-state index in [0.29, 0.717) is 17.5 Å². The molecule has 0 aliphatic carbocycles. The van der Waals surface area contributed by atoms with Crippen molar-refractivity contribution in [2.24, 2.45) is 0 Å². The van der Waals surface area contributed by atoms with E-state index >= 15 is 0 Å². The Labute approximate surface area is 130 Å². The molecule has 2 saturated heterocycles. The van der Waals surface area contributed by atoms with Crippen LogP contribution < -0.4 is 15.0 Å². The maximum atomic E-state index is 11.3. The minimum Gasteiger partial charge on any atom is -0.497 e. The number of anilines is 1. The fraction of sp³-hybridized carbons (Fsp3) is 0.600. The van der Waals surface area contributed by atoms with Gasteiger partial charge in [0.25, 0.3) is 5.69 Å². The van der Waals surface area contributed by atoms with Gasteiger partial charge in [-0.25, -0.2) is 0 Å². The molecule has 1 unspecified atom stereocenters. The number of nitro benzene ring substituents is 1. The highest BCUT2D eigenvalue weighted by molar-refractivity contribution is 5.66. The second-order valence-electron chi connectivity index (χ2n) is 5.79. The summed E-state index contributed by atoms with van der Waals surface area (Å²) in [4.78, 5) is 15.6. The molecule has 2 aliphatic heterocycles. The van der Waals surface area contributed by atoms with E-state index in [0.717, 1.165) is 45.7 Å². The van der Waals surface area contributed by atoms with Gasteiger partial charge in [0.1, 0.15) is 11.4 Å². The van der Waals surface area contributed by atoms with Crippen LogP contribution in [0.2, 0.25) is 0 Å². The molecule has 2 heterocycles. The molecule has 1 N–H and O–H groups in total. The van der Waals surface area contributed by atoms with E-state index in [1.807, 2.05) is 0 Å². The number of methoxy groups -OCH3 is 1. The number of rotatable bonds is 4. The number of hydrogen-bond donors (Lipinski definition) is 1. The Morgan fingerprint density at radius 2 is 2.09 bits per heavy atom. The normalized spacial score (nSPS) is 22.8. The zero-order valence-corrected chi connectivity index (χ0v) is 12.8. The molecule has 120 valence electrons. The molecular formula is C15H22N4O3. The molecule has 1 aromatic rings. The number of piperazine rings is 1. The van der Waals surface area contributed by atoms with Crippen LogP contribution in [0, 0.1) is 10.1 Å². The van der Waals surface area contributed by atoms with Crippen molar-refractivity contribution in [2.45, 2.75) is 12.5 Å². The zero-order chi connectivity index (χ0) is 15.5. The Morgan fingerprint density at radius 3 is 2.77 bits per heavy atom. The molecule has 2 aliphatic rings. The molecule has 0 amide bonds. The minimum absolute atomic E-state index is 0.154. The van der Waals surface area contributed by atoms with E-state index < -0.39 is 0 Å². The van der Waals surface area contributed by atoms with Crippen molar-refractivity contribution >= 4 is 11.4 Å². The Balaban J connectivity index is 1.78. The molecule has 7 nitrogen and oxygen atoms in total. The van der Waals surface area contributed by atoms with Gasteiger partial charge in [0, 0.05) is 57.4 Å². The molecule has 0 radical (unpaired) electrons. The van der Waals surface area contributed by atoms with Crippen LogP contribution in [0.4, 0.5) is 11.4 Å². The van der Waals surface area contributed by atoms with Gasteiger partial charge in [-0.15, -0.1) is 0 Å². The first-order valence-corrected chi connectivity index (χ1v) is 7.71. The van der Waals surface area contributed by atoms with Gasteiger partial charge >= 0.3 is 0 Å². The van der Waals surface area contributed by atoms with Crippen LogP contribution in [0.15, 0.2) is 18.2 Å². The quantitative estimate of drug-likeness (QED) is 0.663. The third-order valence-corrected chi connectivity index (χ3v) is 4.55. The van der Waals surface area contributed by atoms with Gasteiger partial charge in [0.15, 0.2) is 0 Å². The summed E-state index contributed by atoms with van der Waals surface area (Å²) < 4.78 is 5.22. The molecule has 3 rings (SSSR count). The molecule has 1 aromatic carbocycles. The molecule has 0 spiro atoms. The Hall–Kier alpha value is -1.86. The number of nitro groups is 1. The van der Waals surface area contributed by atoms with Gasteiger partial charge in [0.2, 0.25) is 0 Å². The summed E-state index contributed by atoms with van der Waals surface area (Å²) in [5.74, 6) is 0.659. The van der Waals surface area contributed by atoms with Gasteiger partial charge in [-0.05, 0) is 12.5 Å². The number of hydrogen-bond acceptors (Lipinski definition) is 6. The summed E-state index contributed by atoms with van der Waals surface area (Å²) in [6.45, 7) is 5.85. The highest BCUT2D eigenvalue weighted by Crippen LogP contribution is 2.34. The maximum absolute atomic E-state index is 11.3. The molecular weight excluding hydrogens is 284 g/mol. The Morgan fingerprint density at radius 1 is 1.32 bits per heavy atom. The summed E-state index contributed by atoms with van der Waals surface area (Å²) >= 11 is 0. The van der Waals surface area contributed by atoms with E-state index in [1.165, 1.54) is 6.07 Å². The molecule has 1 atom stereocenters. The highest BCUT2D eigenvalue weighted by Gasteiger charge is 2.31. The fourth-order valence-electron chi connectivity index (χ4n) is 3.34. The number of benzene rings is 1. The largest absolute Gasteiger partial charge is 0.497 e. The Bertz CT molecular complexity index is 546. The van der Waals surface area contributed by atoms with E-state index in [-0.39, 0.29) is 10.6 Å². The number of ether oxygens (including phenoxy) is 1. The van der Waals surface area contributed by atoms with Crippen LogP contribution in [-0.2, 0) is 0 Å². The van der Waals surface area contributed by atoms with Crippen LogP contribution >= 0.6 is 0 Å². The van der Waals surface area contributed by atoms with Crippen LogP contribution in [0.3, 0.4) is 0 Å². The second kappa shape index (κ2) is 6.50. The molecule has 0 saturated carbocycles. The topological polar surface area (TPSA) is 70.9 Å². The van der Waals surface area contributed by atoms with Crippen molar-refractivity contribution in [1.29, 1.82) is 0 Å². The Kier molecular flexibility index (Phi) is 4.44. The lowest BCUT2D eigenvalue weighted by Crippen LogP contribution is -2.49.